The number of nitrogens with zero attached hydrogens (tertiary/aromatic N) is 1. The lowest BCUT2D eigenvalue weighted by molar-refractivity contribution is 0.0349. The van der Waals surface area contributed by atoms with Crippen LogP contribution in [0.15, 0.2) is 72.8 Å². The smallest absolute Gasteiger partial charge is 0.325 e. The lowest BCUT2D eigenvalue weighted by atomic mass is 9.89. The van der Waals surface area contributed by atoms with Gasteiger partial charge in [-0.3, -0.25) is 9.69 Å². The van der Waals surface area contributed by atoms with E-state index in [0.717, 1.165) is 17.5 Å². The second kappa shape index (κ2) is 8.74. The summed E-state index contributed by atoms with van der Waals surface area (Å²) in [6.45, 7) is 2.41. The normalized spacial score (nSPS) is 20.6. The van der Waals surface area contributed by atoms with Crippen LogP contribution in [0.3, 0.4) is 0 Å². The number of methoxy groups -OCH3 is 1. The van der Waals surface area contributed by atoms with Crippen LogP contribution in [0.1, 0.15) is 40.9 Å². The van der Waals surface area contributed by atoms with Gasteiger partial charge < -0.3 is 20.1 Å². The van der Waals surface area contributed by atoms with E-state index in [1.165, 1.54) is 0 Å². The highest BCUT2D eigenvalue weighted by atomic mass is 16.5. The summed E-state index contributed by atoms with van der Waals surface area (Å²) in [6.07, 6.45) is 1.31. The van der Waals surface area contributed by atoms with Crippen molar-refractivity contribution < 1.29 is 19.1 Å². The van der Waals surface area contributed by atoms with Gasteiger partial charge in [-0.15, -0.1) is 0 Å². The number of rotatable bonds is 6. The van der Waals surface area contributed by atoms with Crippen molar-refractivity contribution in [2.24, 2.45) is 0 Å². The highest BCUT2D eigenvalue weighted by molar-refractivity contribution is 5.99. The van der Waals surface area contributed by atoms with Gasteiger partial charge in [-0.25, -0.2) is 4.79 Å². The van der Waals surface area contributed by atoms with Gasteiger partial charge >= 0.3 is 6.03 Å². The van der Waals surface area contributed by atoms with Crippen molar-refractivity contribution >= 4 is 17.6 Å². The summed E-state index contributed by atoms with van der Waals surface area (Å²) in [5.74, 6) is 1.06. The summed E-state index contributed by atoms with van der Waals surface area (Å²) >= 11 is 0. The molecule has 0 spiro atoms. The number of hydrogen-bond donors (Lipinski definition) is 2. The second-order valence-corrected chi connectivity index (χ2v) is 8.74. The zero-order valence-corrected chi connectivity index (χ0v) is 19.2. The average molecular weight is 458 g/mol. The van der Waals surface area contributed by atoms with Gasteiger partial charge in [0.05, 0.1) is 18.8 Å². The Morgan fingerprint density at radius 2 is 1.94 bits per heavy atom. The maximum Gasteiger partial charge on any atom is 0.325 e. The number of para-hydroxylation sites is 1. The molecule has 7 nitrogen and oxygen atoms in total. The third kappa shape index (κ3) is 3.94. The van der Waals surface area contributed by atoms with Crippen molar-refractivity contribution in [1.29, 1.82) is 0 Å². The fourth-order valence-electron chi connectivity index (χ4n) is 4.77. The SMILES string of the molecule is COc1cccc2c1OC1(C)CC2NC(=O)N1c1cccc(C(=O)NCCc2ccccc2)c1. The molecule has 2 atom stereocenters. The molecule has 3 aromatic carbocycles. The fraction of sp³-hybridized carbons (Fsp3) is 0.259. The molecule has 1 saturated heterocycles. The van der Waals surface area contributed by atoms with E-state index in [0.29, 0.717) is 35.7 Å². The Labute approximate surface area is 198 Å². The van der Waals surface area contributed by atoms with Gasteiger partial charge in [-0.05, 0) is 43.2 Å². The van der Waals surface area contributed by atoms with Gasteiger partial charge in [-0.2, -0.15) is 0 Å². The van der Waals surface area contributed by atoms with Gasteiger partial charge in [-0.1, -0.05) is 48.5 Å². The van der Waals surface area contributed by atoms with Crippen LogP contribution in [0.4, 0.5) is 10.5 Å². The Hall–Kier alpha value is -4.00. The first-order chi connectivity index (χ1) is 16.5. The van der Waals surface area contributed by atoms with E-state index in [-0.39, 0.29) is 18.0 Å². The Balaban J connectivity index is 1.37. The van der Waals surface area contributed by atoms with Crippen LogP contribution < -0.4 is 25.0 Å². The monoisotopic (exact) mass is 457 g/mol. The van der Waals surface area contributed by atoms with Crippen LogP contribution in [0, 0.1) is 0 Å². The minimum absolute atomic E-state index is 0.183. The van der Waals surface area contributed by atoms with Crippen LogP contribution in [0.5, 0.6) is 11.5 Å². The standard InChI is InChI=1S/C27H27N3O4/c1-27-17-22(21-12-7-13-23(33-2)24(21)34-27)29-26(32)30(27)20-11-6-10-19(16-20)25(31)28-15-14-18-8-4-3-5-9-18/h3-13,16,22H,14-15,17H2,1-2H3,(H,28,31)(H,29,32). The molecule has 1 fully saturated rings. The number of ether oxygens (including phenoxy) is 2. The molecule has 2 heterocycles. The molecular weight excluding hydrogens is 430 g/mol. The highest BCUT2D eigenvalue weighted by Gasteiger charge is 2.50. The number of nitrogens with one attached hydrogen (secondary N) is 2. The van der Waals surface area contributed by atoms with Crippen LogP contribution in [0.25, 0.3) is 0 Å². The molecule has 2 bridgehead atoms. The zero-order valence-electron chi connectivity index (χ0n) is 19.2. The maximum absolute atomic E-state index is 13.2. The van der Waals surface area contributed by atoms with Crippen LogP contribution in [-0.2, 0) is 6.42 Å². The van der Waals surface area contributed by atoms with Crippen molar-refractivity contribution in [1.82, 2.24) is 10.6 Å². The van der Waals surface area contributed by atoms with E-state index in [9.17, 15) is 9.59 Å². The molecule has 0 saturated carbocycles. The first kappa shape index (κ1) is 21.8. The summed E-state index contributed by atoms with van der Waals surface area (Å²) in [6, 6.07) is 22.3. The molecule has 5 rings (SSSR count). The third-order valence-corrected chi connectivity index (χ3v) is 6.39. The second-order valence-electron chi connectivity index (χ2n) is 8.74. The van der Waals surface area contributed by atoms with Crippen molar-refractivity contribution in [2.45, 2.75) is 31.5 Å². The molecule has 0 aliphatic carbocycles. The Morgan fingerprint density at radius 3 is 2.74 bits per heavy atom. The summed E-state index contributed by atoms with van der Waals surface area (Å²) in [7, 11) is 1.60. The number of urea groups is 1. The lowest BCUT2D eigenvalue weighted by Crippen LogP contribution is -2.65. The molecule has 2 aliphatic rings. The van der Waals surface area contributed by atoms with E-state index in [1.54, 1.807) is 30.2 Å². The summed E-state index contributed by atoms with van der Waals surface area (Å²) in [5, 5.41) is 6.05. The number of amides is 3. The van der Waals surface area contributed by atoms with Gasteiger partial charge in [0.1, 0.15) is 0 Å². The van der Waals surface area contributed by atoms with Crippen molar-refractivity contribution in [2.75, 3.05) is 18.6 Å². The number of benzene rings is 3. The average Bonchev–Trinajstić information content (AvgIpc) is 2.84. The molecule has 2 N–H and O–H groups in total. The Morgan fingerprint density at radius 1 is 1.15 bits per heavy atom. The number of anilines is 1. The number of carbonyl (C=O) groups excluding carboxylic acids is 2. The molecule has 3 aromatic rings. The summed E-state index contributed by atoms with van der Waals surface area (Å²) in [4.78, 5) is 27.6. The molecule has 34 heavy (non-hydrogen) atoms. The Bertz CT molecular complexity index is 1230. The third-order valence-electron chi connectivity index (χ3n) is 6.39. The van der Waals surface area contributed by atoms with Gasteiger partial charge in [0.25, 0.3) is 5.91 Å². The van der Waals surface area contributed by atoms with E-state index in [1.807, 2.05) is 61.5 Å². The molecule has 0 radical (unpaired) electrons. The molecular formula is C27H27N3O4. The van der Waals surface area contributed by atoms with E-state index >= 15 is 0 Å². The van der Waals surface area contributed by atoms with Crippen LogP contribution in [0.2, 0.25) is 0 Å². The molecule has 0 aromatic heterocycles. The predicted molar refractivity (Wildman–Crippen MR) is 129 cm³/mol. The Kier molecular flexibility index (Phi) is 5.61. The fourth-order valence-corrected chi connectivity index (χ4v) is 4.77. The van der Waals surface area contributed by atoms with Crippen LogP contribution >= 0.6 is 0 Å². The molecule has 174 valence electrons. The minimum atomic E-state index is -0.933. The molecule has 2 aliphatic heterocycles. The van der Waals surface area contributed by atoms with Crippen LogP contribution in [-0.4, -0.2) is 31.3 Å². The highest BCUT2D eigenvalue weighted by Crippen LogP contribution is 2.49. The number of carbonyl (C=O) groups is 2. The van der Waals surface area contributed by atoms with Gasteiger partial charge in [0, 0.05) is 24.1 Å². The van der Waals surface area contributed by atoms with Gasteiger partial charge in [0.15, 0.2) is 17.2 Å². The number of hydrogen-bond acceptors (Lipinski definition) is 4. The molecule has 7 heteroatoms. The van der Waals surface area contributed by atoms with Gasteiger partial charge in [0.2, 0.25) is 0 Å². The van der Waals surface area contributed by atoms with E-state index in [2.05, 4.69) is 10.6 Å². The number of fused-ring (bicyclic) bond motifs is 4. The quantitative estimate of drug-likeness (QED) is 0.574. The summed E-state index contributed by atoms with van der Waals surface area (Å²) in [5.41, 5.74) is 2.20. The maximum atomic E-state index is 13.2. The van der Waals surface area contributed by atoms with Crippen molar-refractivity contribution in [3.63, 3.8) is 0 Å². The predicted octanol–water partition coefficient (Wildman–Crippen LogP) is 4.44. The molecule has 2 unspecified atom stereocenters. The van der Waals surface area contributed by atoms with E-state index in [4.69, 9.17) is 9.47 Å². The first-order valence-corrected chi connectivity index (χ1v) is 11.4. The largest absolute Gasteiger partial charge is 0.493 e. The lowest BCUT2D eigenvalue weighted by Gasteiger charge is -2.50. The zero-order chi connectivity index (χ0) is 23.7. The molecule has 3 amide bonds. The first-order valence-electron chi connectivity index (χ1n) is 11.4. The topological polar surface area (TPSA) is 79.9 Å². The van der Waals surface area contributed by atoms with Crippen molar-refractivity contribution in [3.8, 4) is 11.5 Å². The van der Waals surface area contributed by atoms with Crippen molar-refractivity contribution in [3.05, 3.63) is 89.5 Å². The minimum Gasteiger partial charge on any atom is -0.493 e. The van der Waals surface area contributed by atoms with E-state index < -0.39 is 5.72 Å². The summed E-state index contributed by atoms with van der Waals surface area (Å²) < 4.78 is 11.9.